The Morgan fingerprint density at radius 1 is 1.43 bits per heavy atom. The lowest BCUT2D eigenvalue weighted by atomic mass is 10.0. The van der Waals surface area contributed by atoms with Gasteiger partial charge < -0.3 is 4.90 Å². The minimum atomic E-state index is -0.0488. The van der Waals surface area contributed by atoms with Crippen molar-refractivity contribution in [3.8, 4) is 0 Å². The Morgan fingerprint density at radius 3 is 3.00 bits per heavy atom. The summed E-state index contributed by atoms with van der Waals surface area (Å²) in [6.45, 7) is 5.06. The molecule has 0 bridgehead atoms. The van der Waals surface area contributed by atoms with Gasteiger partial charge >= 0.3 is 0 Å². The molecule has 1 aromatic rings. The van der Waals surface area contributed by atoms with Gasteiger partial charge in [-0.1, -0.05) is 25.1 Å². The van der Waals surface area contributed by atoms with E-state index in [1.165, 1.54) is 6.42 Å². The lowest BCUT2D eigenvalue weighted by Crippen LogP contribution is -2.43. The Labute approximate surface area is 141 Å². The highest BCUT2D eigenvalue weighted by molar-refractivity contribution is 7.99. The minimum Gasteiger partial charge on any atom is -0.340 e. The molecule has 1 amide bonds. The predicted molar refractivity (Wildman–Crippen MR) is 91.9 cm³/mol. The molecule has 23 heavy (non-hydrogen) atoms. The number of likely N-dealkylation sites (tertiary alicyclic amines) is 1. The van der Waals surface area contributed by atoms with Crippen LogP contribution in [0.15, 0.2) is 16.0 Å². The summed E-state index contributed by atoms with van der Waals surface area (Å²) in [5.41, 5.74) is 0.862. The summed E-state index contributed by atoms with van der Waals surface area (Å²) >= 11 is 1.60. The number of amides is 1. The summed E-state index contributed by atoms with van der Waals surface area (Å²) in [5, 5.41) is 0.783. The molecule has 0 aromatic carbocycles. The molecule has 126 valence electrons. The molecule has 1 aromatic heterocycles. The number of nitrogens with zero attached hydrogens (tertiary/aromatic N) is 3. The number of aryl methyl sites for hydroxylation is 1. The van der Waals surface area contributed by atoms with E-state index in [0.717, 1.165) is 48.8 Å². The van der Waals surface area contributed by atoms with E-state index in [4.69, 9.17) is 0 Å². The van der Waals surface area contributed by atoms with Crippen LogP contribution in [0.4, 0.5) is 0 Å². The molecule has 5 nitrogen and oxygen atoms in total. The molecule has 3 rings (SSSR count). The highest BCUT2D eigenvalue weighted by atomic mass is 32.2. The third kappa shape index (κ3) is 3.47. The number of carbonyl (C=O) groups excluding carboxylic acids is 1. The standard InChI is InChI=1S/C17H25N3O2S/c1-3-6-13-9-16(22)20-14(11-23-17(20)18-13)10-15(21)19-8-5-4-7-12(19)2/h9,12,14H,3-8,10-11H2,1-2H3. The van der Waals surface area contributed by atoms with Crippen molar-refractivity contribution < 1.29 is 4.79 Å². The van der Waals surface area contributed by atoms with Gasteiger partial charge in [0, 0.05) is 36.5 Å². The number of thioether (sulfide) groups is 1. The second kappa shape index (κ2) is 7.07. The second-order valence-corrected chi connectivity index (χ2v) is 7.58. The van der Waals surface area contributed by atoms with Gasteiger partial charge in [-0.15, -0.1) is 0 Å². The molecule has 0 saturated carbocycles. The highest BCUT2D eigenvalue weighted by Gasteiger charge is 2.31. The van der Waals surface area contributed by atoms with Crippen molar-refractivity contribution in [3.05, 3.63) is 22.1 Å². The number of carbonyl (C=O) groups is 1. The first-order valence-corrected chi connectivity index (χ1v) is 9.63. The van der Waals surface area contributed by atoms with Crippen LogP contribution >= 0.6 is 11.8 Å². The Balaban J connectivity index is 1.75. The van der Waals surface area contributed by atoms with Gasteiger partial charge in [0.2, 0.25) is 5.91 Å². The number of hydrogen-bond acceptors (Lipinski definition) is 4. The van der Waals surface area contributed by atoms with Crippen LogP contribution in [0, 0.1) is 0 Å². The average molecular weight is 335 g/mol. The molecule has 2 atom stereocenters. The van der Waals surface area contributed by atoms with Crippen molar-refractivity contribution in [2.24, 2.45) is 0 Å². The van der Waals surface area contributed by atoms with E-state index in [0.29, 0.717) is 12.5 Å². The Bertz CT molecular complexity index is 643. The van der Waals surface area contributed by atoms with Crippen LogP contribution in [0.3, 0.4) is 0 Å². The minimum absolute atomic E-state index is 0.00653. The molecule has 2 unspecified atom stereocenters. The predicted octanol–water partition coefficient (Wildman–Crippen LogP) is 2.63. The molecule has 1 saturated heterocycles. The maximum Gasteiger partial charge on any atom is 0.254 e. The van der Waals surface area contributed by atoms with E-state index in [-0.39, 0.29) is 17.5 Å². The van der Waals surface area contributed by atoms with Crippen LogP contribution in [0.1, 0.15) is 57.7 Å². The van der Waals surface area contributed by atoms with Gasteiger partial charge in [-0.25, -0.2) is 4.98 Å². The van der Waals surface area contributed by atoms with Gasteiger partial charge in [-0.3, -0.25) is 14.2 Å². The van der Waals surface area contributed by atoms with Gasteiger partial charge in [0.15, 0.2) is 5.16 Å². The molecule has 3 heterocycles. The van der Waals surface area contributed by atoms with Crippen molar-refractivity contribution in [3.63, 3.8) is 0 Å². The first-order valence-electron chi connectivity index (χ1n) is 8.65. The topological polar surface area (TPSA) is 55.2 Å². The van der Waals surface area contributed by atoms with Crippen molar-refractivity contribution in [1.29, 1.82) is 0 Å². The summed E-state index contributed by atoms with van der Waals surface area (Å²) in [6.07, 6.45) is 5.61. The van der Waals surface area contributed by atoms with Gasteiger partial charge in [-0.05, 0) is 32.6 Å². The smallest absolute Gasteiger partial charge is 0.254 e. The number of rotatable bonds is 4. The number of hydrogen-bond donors (Lipinski definition) is 0. The molecule has 6 heteroatoms. The fourth-order valence-electron chi connectivity index (χ4n) is 3.52. The van der Waals surface area contributed by atoms with Crippen LogP contribution in [0.2, 0.25) is 0 Å². The summed E-state index contributed by atoms with van der Waals surface area (Å²) in [4.78, 5) is 31.6. The Kier molecular flexibility index (Phi) is 5.09. The molecular formula is C17H25N3O2S. The van der Waals surface area contributed by atoms with Crippen LogP contribution in [-0.4, -0.2) is 38.7 Å². The summed E-state index contributed by atoms with van der Waals surface area (Å²) < 4.78 is 1.73. The van der Waals surface area contributed by atoms with Crippen LogP contribution < -0.4 is 5.56 Å². The fourth-order valence-corrected chi connectivity index (χ4v) is 4.69. The summed E-state index contributed by atoms with van der Waals surface area (Å²) in [7, 11) is 0. The molecule has 0 aliphatic carbocycles. The molecule has 2 aliphatic heterocycles. The monoisotopic (exact) mass is 335 g/mol. The van der Waals surface area contributed by atoms with Gasteiger partial charge in [0.1, 0.15) is 0 Å². The number of piperidine rings is 1. The van der Waals surface area contributed by atoms with Gasteiger partial charge in [-0.2, -0.15) is 0 Å². The van der Waals surface area contributed by atoms with E-state index < -0.39 is 0 Å². The summed E-state index contributed by atoms with van der Waals surface area (Å²) in [6, 6.07) is 1.92. The summed E-state index contributed by atoms with van der Waals surface area (Å²) in [5.74, 6) is 0.950. The van der Waals surface area contributed by atoms with E-state index >= 15 is 0 Å². The van der Waals surface area contributed by atoms with E-state index in [1.807, 2.05) is 4.90 Å². The number of fused-ring (bicyclic) bond motifs is 1. The van der Waals surface area contributed by atoms with Crippen LogP contribution in [-0.2, 0) is 11.2 Å². The lowest BCUT2D eigenvalue weighted by molar-refractivity contribution is -0.135. The third-order valence-corrected chi connectivity index (χ3v) is 5.88. The van der Waals surface area contributed by atoms with Gasteiger partial charge in [0.25, 0.3) is 5.56 Å². The largest absolute Gasteiger partial charge is 0.340 e. The highest BCUT2D eigenvalue weighted by Crippen LogP contribution is 2.33. The molecule has 0 radical (unpaired) electrons. The first-order chi connectivity index (χ1) is 11.1. The first kappa shape index (κ1) is 16.6. The van der Waals surface area contributed by atoms with E-state index in [2.05, 4.69) is 18.8 Å². The Hall–Kier alpha value is -1.30. The van der Waals surface area contributed by atoms with E-state index in [9.17, 15) is 9.59 Å². The van der Waals surface area contributed by atoms with Crippen LogP contribution in [0.25, 0.3) is 0 Å². The molecule has 0 spiro atoms. The SMILES string of the molecule is CCCc1cc(=O)n2c(n1)SCC2CC(=O)N1CCCCC1C. The fraction of sp³-hybridized carbons (Fsp3) is 0.706. The second-order valence-electron chi connectivity index (χ2n) is 6.59. The lowest BCUT2D eigenvalue weighted by Gasteiger charge is -2.34. The maximum absolute atomic E-state index is 12.6. The zero-order valence-electron chi connectivity index (χ0n) is 14.0. The van der Waals surface area contributed by atoms with E-state index in [1.54, 1.807) is 22.4 Å². The average Bonchev–Trinajstić information content (AvgIpc) is 2.91. The zero-order valence-corrected chi connectivity index (χ0v) is 14.8. The third-order valence-electron chi connectivity index (χ3n) is 4.78. The maximum atomic E-state index is 12.6. The van der Waals surface area contributed by atoms with Crippen molar-refractivity contribution in [1.82, 2.24) is 14.5 Å². The molecule has 1 fully saturated rings. The van der Waals surface area contributed by atoms with Crippen molar-refractivity contribution >= 4 is 17.7 Å². The number of aromatic nitrogens is 2. The van der Waals surface area contributed by atoms with Crippen molar-refractivity contribution in [2.75, 3.05) is 12.3 Å². The Morgan fingerprint density at radius 2 is 2.26 bits per heavy atom. The quantitative estimate of drug-likeness (QED) is 0.794. The van der Waals surface area contributed by atoms with Crippen LogP contribution in [0.5, 0.6) is 0 Å². The molecular weight excluding hydrogens is 310 g/mol. The molecule has 2 aliphatic rings. The molecule has 0 N–H and O–H groups in total. The van der Waals surface area contributed by atoms with Crippen molar-refractivity contribution in [2.45, 2.75) is 69.6 Å². The zero-order chi connectivity index (χ0) is 16.4. The normalized spacial score (nSPS) is 23.8. The van der Waals surface area contributed by atoms with Gasteiger partial charge in [0.05, 0.1) is 6.04 Å².